The molecule has 1 aliphatic rings. The first kappa shape index (κ1) is 18.0. The standard InChI is InChI=1S/C13H18O2.2C2H6/c1-13(2,3)10-4-6-11(7-5-10)14-8-12-9-15-12;2*1-2/h4-7,12H,8-9H2,1-3H3;2*1-2H3. The predicted octanol–water partition coefficient (Wildman–Crippen LogP) is 4.81. The molecule has 0 saturated carbocycles. The molecule has 1 unspecified atom stereocenters. The van der Waals surface area contributed by atoms with Crippen LogP contribution in [-0.4, -0.2) is 19.3 Å². The van der Waals surface area contributed by atoms with E-state index in [1.807, 2.05) is 39.8 Å². The van der Waals surface area contributed by atoms with Crippen molar-refractivity contribution in [3.8, 4) is 5.75 Å². The molecule has 1 atom stereocenters. The van der Waals surface area contributed by atoms with E-state index in [1.54, 1.807) is 0 Å². The maximum absolute atomic E-state index is 5.57. The van der Waals surface area contributed by atoms with Gasteiger partial charge < -0.3 is 9.47 Å². The van der Waals surface area contributed by atoms with Crippen molar-refractivity contribution in [1.82, 2.24) is 0 Å². The number of hydrogen-bond acceptors (Lipinski definition) is 2. The lowest BCUT2D eigenvalue weighted by atomic mass is 9.87. The summed E-state index contributed by atoms with van der Waals surface area (Å²) in [7, 11) is 0. The molecule has 110 valence electrons. The minimum atomic E-state index is 0.206. The first-order valence-electron chi connectivity index (χ1n) is 7.41. The molecule has 1 saturated heterocycles. The van der Waals surface area contributed by atoms with Gasteiger partial charge in [-0.3, -0.25) is 0 Å². The molecule has 1 heterocycles. The molecule has 1 fully saturated rings. The van der Waals surface area contributed by atoms with Crippen molar-refractivity contribution in [2.75, 3.05) is 13.2 Å². The first-order valence-corrected chi connectivity index (χ1v) is 7.41. The molecule has 2 nitrogen and oxygen atoms in total. The highest BCUT2D eigenvalue weighted by atomic mass is 16.6. The largest absolute Gasteiger partial charge is 0.491 e. The monoisotopic (exact) mass is 266 g/mol. The summed E-state index contributed by atoms with van der Waals surface area (Å²) in [5, 5.41) is 0. The van der Waals surface area contributed by atoms with E-state index in [9.17, 15) is 0 Å². The zero-order chi connectivity index (χ0) is 14.9. The van der Waals surface area contributed by atoms with Gasteiger partial charge in [0.25, 0.3) is 0 Å². The quantitative estimate of drug-likeness (QED) is 0.732. The molecular formula is C17H30O2. The van der Waals surface area contributed by atoms with E-state index < -0.39 is 0 Å². The van der Waals surface area contributed by atoms with Crippen LogP contribution >= 0.6 is 0 Å². The van der Waals surface area contributed by atoms with Gasteiger partial charge in [0.15, 0.2) is 0 Å². The van der Waals surface area contributed by atoms with E-state index in [2.05, 4.69) is 32.9 Å². The van der Waals surface area contributed by atoms with Gasteiger partial charge in [0.1, 0.15) is 18.5 Å². The van der Waals surface area contributed by atoms with E-state index in [0.717, 1.165) is 12.4 Å². The second-order valence-electron chi connectivity index (χ2n) is 5.04. The van der Waals surface area contributed by atoms with Crippen molar-refractivity contribution < 1.29 is 9.47 Å². The molecule has 1 aromatic rings. The van der Waals surface area contributed by atoms with E-state index in [-0.39, 0.29) is 5.41 Å². The minimum absolute atomic E-state index is 0.206. The summed E-state index contributed by atoms with van der Waals surface area (Å²) in [5.41, 5.74) is 1.54. The normalized spacial score (nSPS) is 16.5. The smallest absolute Gasteiger partial charge is 0.119 e. The summed E-state index contributed by atoms with van der Waals surface area (Å²) in [6, 6.07) is 8.32. The molecule has 2 heteroatoms. The fraction of sp³-hybridized carbons (Fsp3) is 0.647. The van der Waals surface area contributed by atoms with Crippen molar-refractivity contribution >= 4 is 0 Å². The molecule has 1 aromatic carbocycles. The zero-order valence-electron chi connectivity index (χ0n) is 13.6. The molecule has 0 radical (unpaired) electrons. The van der Waals surface area contributed by atoms with Gasteiger partial charge in [-0.15, -0.1) is 0 Å². The molecule has 19 heavy (non-hydrogen) atoms. The lowest BCUT2D eigenvalue weighted by Gasteiger charge is -2.19. The average Bonchev–Trinajstić information content (AvgIpc) is 3.25. The Bertz CT molecular complexity index is 318. The van der Waals surface area contributed by atoms with Gasteiger partial charge in [0.2, 0.25) is 0 Å². The van der Waals surface area contributed by atoms with Gasteiger partial charge >= 0.3 is 0 Å². The third-order valence-electron chi connectivity index (χ3n) is 2.56. The van der Waals surface area contributed by atoms with Crippen molar-refractivity contribution in [3.05, 3.63) is 29.8 Å². The Morgan fingerprint density at radius 3 is 1.89 bits per heavy atom. The second-order valence-corrected chi connectivity index (χ2v) is 5.04. The Kier molecular flexibility index (Phi) is 8.49. The second kappa shape index (κ2) is 8.98. The van der Waals surface area contributed by atoms with E-state index in [4.69, 9.17) is 9.47 Å². The Hall–Kier alpha value is -1.02. The highest BCUT2D eigenvalue weighted by Gasteiger charge is 2.23. The number of epoxide rings is 1. The van der Waals surface area contributed by atoms with Gasteiger partial charge in [0, 0.05) is 0 Å². The van der Waals surface area contributed by atoms with Crippen molar-refractivity contribution in [3.63, 3.8) is 0 Å². The summed E-state index contributed by atoms with van der Waals surface area (Å²) in [6.45, 7) is 16.2. The Morgan fingerprint density at radius 1 is 1.05 bits per heavy atom. The first-order chi connectivity index (χ1) is 9.05. The maximum atomic E-state index is 5.57. The van der Waals surface area contributed by atoms with Gasteiger partial charge in [-0.1, -0.05) is 60.6 Å². The van der Waals surface area contributed by atoms with Gasteiger partial charge in [-0.2, -0.15) is 0 Å². The zero-order valence-corrected chi connectivity index (χ0v) is 13.6. The molecule has 0 amide bonds. The van der Waals surface area contributed by atoms with E-state index >= 15 is 0 Å². The Balaban J connectivity index is 0.000000741. The lowest BCUT2D eigenvalue weighted by Crippen LogP contribution is -2.11. The topological polar surface area (TPSA) is 21.8 Å². The van der Waals surface area contributed by atoms with E-state index in [1.165, 1.54) is 5.56 Å². The predicted molar refractivity (Wildman–Crippen MR) is 83.1 cm³/mol. The average molecular weight is 266 g/mol. The van der Waals surface area contributed by atoms with Crippen LogP contribution in [0.25, 0.3) is 0 Å². The van der Waals surface area contributed by atoms with Crippen molar-refractivity contribution in [2.45, 2.75) is 60.0 Å². The number of ether oxygens (including phenoxy) is 2. The molecule has 0 bridgehead atoms. The highest BCUT2D eigenvalue weighted by Crippen LogP contribution is 2.24. The van der Waals surface area contributed by atoms with Gasteiger partial charge in [-0.05, 0) is 23.1 Å². The molecule has 0 aliphatic carbocycles. The SMILES string of the molecule is CC.CC.CC(C)(C)c1ccc(OCC2CO2)cc1. The van der Waals surface area contributed by atoms with Crippen LogP contribution in [0.3, 0.4) is 0 Å². The summed E-state index contributed by atoms with van der Waals surface area (Å²) in [4.78, 5) is 0. The number of rotatable bonds is 3. The lowest BCUT2D eigenvalue weighted by molar-refractivity contribution is 0.263. The van der Waals surface area contributed by atoms with Gasteiger partial charge in [-0.25, -0.2) is 0 Å². The van der Waals surface area contributed by atoms with E-state index in [0.29, 0.717) is 12.7 Å². The highest BCUT2D eigenvalue weighted by molar-refractivity contribution is 5.31. The number of hydrogen-bond donors (Lipinski definition) is 0. The molecular weight excluding hydrogens is 236 g/mol. The fourth-order valence-corrected chi connectivity index (χ4v) is 1.40. The van der Waals surface area contributed by atoms with Gasteiger partial charge in [0.05, 0.1) is 6.61 Å². The third kappa shape index (κ3) is 7.22. The van der Waals surface area contributed by atoms with Crippen LogP contribution in [0.15, 0.2) is 24.3 Å². The van der Waals surface area contributed by atoms with Crippen LogP contribution in [-0.2, 0) is 10.2 Å². The molecule has 2 rings (SSSR count). The van der Waals surface area contributed by atoms with Crippen LogP contribution in [0, 0.1) is 0 Å². The van der Waals surface area contributed by atoms with Crippen LogP contribution in [0.1, 0.15) is 54.0 Å². The molecule has 1 aliphatic heterocycles. The molecule has 0 N–H and O–H groups in total. The third-order valence-corrected chi connectivity index (χ3v) is 2.56. The minimum Gasteiger partial charge on any atom is -0.491 e. The van der Waals surface area contributed by atoms with Crippen molar-refractivity contribution in [1.29, 1.82) is 0 Å². The summed E-state index contributed by atoms with van der Waals surface area (Å²) >= 11 is 0. The van der Waals surface area contributed by atoms with Crippen LogP contribution in [0.2, 0.25) is 0 Å². The Morgan fingerprint density at radius 2 is 1.53 bits per heavy atom. The van der Waals surface area contributed by atoms with Crippen LogP contribution in [0.5, 0.6) is 5.75 Å². The summed E-state index contributed by atoms with van der Waals surface area (Å²) in [5.74, 6) is 0.929. The molecule has 0 aromatic heterocycles. The van der Waals surface area contributed by atoms with Crippen LogP contribution in [0.4, 0.5) is 0 Å². The Labute approximate surface area is 119 Å². The number of benzene rings is 1. The maximum Gasteiger partial charge on any atom is 0.119 e. The van der Waals surface area contributed by atoms with Crippen LogP contribution < -0.4 is 4.74 Å². The van der Waals surface area contributed by atoms with Crippen molar-refractivity contribution in [2.24, 2.45) is 0 Å². The summed E-state index contributed by atoms with van der Waals surface area (Å²) < 4.78 is 10.7. The molecule has 0 spiro atoms. The summed E-state index contributed by atoms with van der Waals surface area (Å²) in [6.07, 6.45) is 0.326. The fourth-order valence-electron chi connectivity index (χ4n) is 1.40.